The van der Waals surface area contributed by atoms with Gasteiger partial charge in [0.05, 0.1) is 0 Å². The number of nitrogens with one attached hydrogen (secondary N) is 1. The van der Waals surface area contributed by atoms with Crippen molar-refractivity contribution < 1.29 is 4.79 Å². The van der Waals surface area contributed by atoms with E-state index in [-0.39, 0.29) is 5.91 Å². The van der Waals surface area contributed by atoms with E-state index in [1.807, 2.05) is 6.07 Å². The van der Waals surface area contributed by atoms with Crippen LogP contribution in [0.25, 0.3) is 0 Å². The fourth-order valence-electron chi connectivity index (χ4n) is 1.91. The first-order chi connectivity index (χ1) is 8.03. The highest BCUT2D eigenvalue weighted by atomic mass is 16.1. The molecular weight excluding hydrogens is 214 g/mol. The van der Waals surface area contributed by atoms with Gasteiger partial charge >= 0.3 is 0 Å². The van der Waals surface area contributed by atoms with Crippen LogP contribution < -0.4 is 11.1 Å². The van der Waals surface area contributed by atoms with Crippen LogP contribution in [0.5, 0.6) is 0 Å². The first-order valence-electron chi connectivity index (χ1n) is 5.96. The number of pyridine rings is 1. The molecule has 0 spiro atoms. The number of nitrogens with zero attached hydrogens (tertiary/aromatic N) is 1. The Balaban J connectivity index is 1.87. The second-order valence-corrected chi connectivity index (χ2v) is 5.36. The summed E-state index contributed by atoms with van der Waals surface area (Å²) in [6.45, 7) is 5.63. The molecule has 0 radical (unpaired) electrons. The minimum Gasteiger partial charge on any atom is -0.350 e. The van der Waals surface area contributed by atoms with Crippen LogP contribution >= 0.6 is 0 Å². The number of hydrogen-bond acceptors (Lipinski definition) is 3. The molecule has 1 aliphatic rings. The zero-order valence-corrected chi connectivity index (χ0v) is 10.4. The van der Waals surface area contributed by atoms with Gasteiger partial charge in [0.2, 0.25) is 0 Å². The van der Waals surface area contributed by atoms with Crippen LogP contribution in [0.15, 0.2) is 18.3 Å². The van der Waals surface area contributed by atoms with E-state index in [1.165, 1.54) is 6.42 Å². The maximum atomic E-state index is 11.8. The zero-order chi connectivity index (χ0) is 12.5. The summed E-state index contributed by atoms with van der Waals surface area (Å²) in [6, 6.07) is 3.55. The van der Waals surface area contributed by atoms with E-state index in [0.717, 1.165) is 12.1 Å². The molecule has 17 heavy (non-hydrogen) atoms. The first kappa shape index (κ1) is 12.0. The quantitative estimate of drug-likeness (QED) is 0.824. The largest absolute Gasteiger partial charge is 0.350 e. The summed E-state index contributed by atoms with van der Waals surface area (Å²) >= 11 is 0. The molecule has 1 fully saturated rings. The molecule has 1 unspecified atom stereocenters. The Labute approximate surface area is 102 Å². The highest BCUT2D eigenvalue weighted by Gasteiger charge is 2.45. The summed E-state index contributed by atoms with van der Waals surface area (Å²) in [4.78, 5) is 15.9. The van der Waals surface area contributed by atoms with E-state index in [2.05, 4.69) is 24.1 Å². The summed E-state index contributed by atoms with van der Waals surface area (Å²) in [5.41, 5.74) is 7.26. The van der Waals surface area contributed by atoms with Crippen LogP contribution in [0.4, 0.5) is 0 Å². The summed E-state index contributed by atoms with van der Waals surface area (Å²) in [5.74, 6) is 0.506. The van der Waals surface area contributed by atoms with E-state index in [0.29, 0.717) is 23.6 Å². The Bertz CT molecular complexity index is 411. The van der Waals surface area contributed by atoms with Gasteiger partial charge < -0.3 is 11.1 Å². The van der Waals surface area contributed by atoms with Crippen molar-refractivity contribution in [2.24, 2.45) is 17.1 Å². The number of carbonyl (C=O) groups is 1. The molecule has 1 atom stereocenters. The standard InChI is InChI=1S/C13H19N3O/c1-13(2)5-10(13)8-16-12(17)11-4-3-9(6-14)7-15-11/h3-4,7,10H,5-6,8,14H2,1-2H3,(H,16,17). The third-order valence-electron chi connectivity index (χ3n) is 3.52. The Hall–Kier alpha value is -1.42. The highest BCUT2D eigenvalue weighted by molar-refractivity contribution is 5.92. The average Bonchev–Trinajstić information content (AvgIpc) is 2.94. The molecular formula is C13H19N3O. The van der Waals surface area contributed by atoms with Crippen molar-refractivity contribution in [1.29, 1.82) is 0 Å². The van der Waals surface area contributed by atoms with Gasteiger partial charge in [-0.3, -0.25) is 9.78 Å². The second-order valence-electron chi connectivity index (χ2n) is 5.36. The first-order valence-corrected chi connectivity index (χ1v) is 5.96. The third-order valence-corrected chi connectivity index (χ3v) is 3.52. The van der Waals surface area contributed by atoms with Gasteiger partial charge in [-0.1, -0.05) is 19.9 Å². The van der Waals surface area contributed by atoms with E-state index < -0.39 is 0 Å². The van der Waals surface area contributed by atoms with Crippen molar-refractivity contribution in [2.75, 3.05) is 6.54 Å². The maximum Gasteiger partial charge on any atom is 0.269 e. The highest BCUT2D eigenvalue weighted by Crippen LogP contribution is 2.50. The topological polar surface area (TPSA) is 68.0 Å². The van der Waals surface area contributed by atoms with Gasteiger partial charge in [0.15, 0.2) is 0 Å². The lowest BCUT2D eigenvalue weighted by molar-refractivity contribution is 0.0945. The molecule has 0 aliphatic heterocycles. The fraction of sp³-hybridized carbons (Fsp3) is 0.538. The molecule has 1 aliphatic carbocycles. The lowest BCUT2D eigenvalue weighted by Crippen LogP contribution is -2.27. The summed E-state index contributed by atoms with van der Waals surface area (Å²) in [5, 5.41) is 2.92. The van der Waals surface area contributed by atoms with Crippen LogP contribution in [0.3, 0.4) is 0 Å². The lowest BCUT2D eigenvalue weighted by Gasteiger charge is -2.06. The van der Waals surface area contributed by atoms with E-state index in [4.69, 9.17) is 5.73 Å². The molecule has 1 heterocycles. The van der Waals surface area contributed by atoms with Crippen molar-refractivity contribution in [3.05, 3.63) is 29.6 Å². The summed E-state index contributed by atoms with van der Waals surface area (Å²) in [6.07, 6.45) is 2.84. The molecule has 0 aromatic carbocycles. The number of carbonyl (C=O) groups excluding carboxylic acids is 1. The maximum absolute atomic E-state index is 11.8. The zero-order valence-electron chi connectivity index (χ0n) is 10.4. The summed E-state index contributed by atoms with van der Waals surface area (Å²) in [7, 11) is 0. The van der Waals surface area contributed by atoms with Gasteiger partial charge in [-0.25, -0.2) is 0 Å². The van der Waals surface area contributed by atoms with Crippen LogP contribution in [-0.4, -0.2) is 17.4 Å². The second kappa shape index (κ2) is 4.45. The Morgan fingerprint density at radius 3 is 2.76 bits per heavy atom. The number of aromatic nitrogens is 1. The molecule has 1 saturated carbocycles. The van der Waals surface area contributed by atoms with Crippen molar-refractivity contribution in [3.8, 4) is 0 Å². The molecule has 4 nitrogen and oxygen atoms in total. The van der Waals surface area contributed by atoms with Crippen LogP contribution in [0, 0.1) is 11.3 Å². The van der Waals surface area contributed by atoms with Gasteiger partial charge in [-0.05, 0) is 29.4 Å². The Morgan fingerprint density at radius 2 is 2.29 bits per heavy atom. The molecule has 3 N–H and O–H groups in total. The van der Waals surface area contributed by atoms with Crippen molar-refractivity contribution in [2.45, 2.75) is 26.8 Å². The monoisotopic (exact) mass is 233 g/mol. The SMILES string of the molecule is CC1(C)CC1CNC(=O)c1ccc(CN)cn1. The number of nitrogens with two attached hydrogens (primary N) is 1. The molecule has 4 heteroatoms. The van der Waals surface area contributed by atoms with E-state index in [1.54, 1.807) is 12.3 Å². The van der Waals surface area contributed by atoms with Gasteiger partial charge in [0.25, 0.3) is 5.91 Å². The van der Waals surface area contributed by atoms with Gasteiger partial charge in [0.1, 0.15) is 5.69 Å². The Kier molecular flexibility index (Phi) is 3.15. The number of rotatable bonds is 4. The third kappa shape index (κ3) is 2.82. The van der Waals surface area contributed by atoms with E-state index in [9.17, 15) is 4.79 Å². The average molecular weight is 233 g/mol. The molecule has 1 aromatic rings. The van der Waals surface area contributed by atoms with Crippen LogP contribution in [0.2, 0.25) is 0 Å². The number of amides is 1. The smallest absolute Gasteiger partial charge is 0.269 e. The predicted molar refractivity (Wildman–Crippen MR) is 66.3 cm³/mol. The minimum absolute atomic E-state index is 0.101. The minimum atomic E-state index is -0.101. The number of hydrogen-bond donors (Lipinski definition) is 2. The lowest BCUT2D eigenvalue weighted by atomic mass is 10.1. The fourth-order valence-corrected chi connectivity index (χ4v) is 1.91. The van der Waals surface area contributed by atoms with Crippen molar-refractivity contribution in [1.82, 2.24) is 10.3 Å². The Morgan fingerprint density at radius 1 is 1.59 bits per heavy atom. The van der Waals surface area contributed by atoms with Crippen LogP contribution in [-0.2, 0) is 6.54 Å². The molecule has 92 valence electrons. The molecule has 1 amide bonds. The molecule has 0 bridgehead atoms. The van der Waals surface area contributed by atoms with Gasteiger partial charge in [-0.15, -0.1) is 0 Å². The van der Waals surface area contributed by atoms with E-state index >= 15 is 0 Å². The van der Waals surface area contributed by atoms with Crippen LogP contribution in [0.1, 0.15) is 36.3 Å². The normalized spacial score (nSPS) is 21.0. The molecule has 1 aromatic heterocycles. The molecule has 2 rings (SSSR count). The summed E-state index contributed by atoms with van der Waals surface area (Å²) < 4.78 is 0. The van der Waals surface area contributed by atoms with Gasteiger partial charge in [-0.2, -0.15) is 0 Å². The predicted octanol–water partition coefficient (Wildman–Crippen LogP) is 1.32. The van der Waals surface area contributed by atoms with Crippen molar-refractivity contribution in [3.63, 3.8) is 0 Å². The molecule has 0 saturated heterocycles. The van der Waals surface area contributed by atoms with Gasteiger partial charge in [0, 0.05) is 19.3 Å². The van der Waals surface area contributed by atoms with Crippen molar-refractivity contribution >= 4 is 5.91 Å².